The fraction of sp³-hybridized carbons (Fsp3) is 0.167. The number of rotatable bonds is 4. The quantitative estimate of drug-likeness (QED) is 0.786. The maximum Gasteiger partial charge on any atom is 0.257 e. The molecule has 0 aliphatic carbocycles. The standard InChI is InChI=1S/C12H9F3N2O/c13-11-3-1-2-9(10(11)7-18)8-4-16-17(5-8)6-12(14)15/h1-5,7,12H,6H2. The van der Waals surface area contributed by atoms with Crippen LogP contribution in [0.15, 0.2) is 30.6 Å². The number of aldehydes is 1. The number of aromatic nitrogens is 2. The first kappa shape index (κ1) is 12.3. The van der Waals surface area contributed by atoms with Crippen molar-refractivity contribution < 1.29 is 18.0 Å². The smallest absolute Gasteiger partial charge is 0.257 e. The van der Waals surface area contributed by atoms with Crippen LogP contribution in [0.25, 0.3) is 11.1 Å². The molecule has 0 aliphatic rings. The molecule has 18 heavy (non-hydrogen) atoms. The van der Waals surface area contributed by atoms with Gasteiger partial charge in [-0.25, -0.2) is 13.2 Å². The first-order valence-corrected chi connectivity index (χ1v) is 5.16. The molecule has 0 N–H and O–H groups in total. The molecule has 6 heteroatoms. The Bertz CT molecular complexity index is 566. The number of halogens is 3. The fourth-order valence-corrected chi connectivity index (χ4v) is 1.65. The second kappa shape index (κ2) is 5.03. The van der Waals surface area contributed by atoms with Crippen LogP contribution in [0.5, 0.6) is 0 Å². The molecular formula is C12H9F3N2O. The molecule has 0 radical (unpaired) electrons. The molecule has 0 atom stereocenters. The average molecular weight is 254 g/mol. The fourth-order valence-electron chi connectivity index (χ4n) is 1.65. The summed E-state index contributed by atoms with van der Waals surface area (Å²) in [5.74, 6) is -0.649. The van der Waals surface area contributed by atoms with E-state index in [-0.39, 0.29) is 5.56 Å². The lowest BCUT2D eigenvalue weighted by Gasteiger charge is -2.02. The second-order valence-corrected chi connectivity index (χ2v) is 3.66. The van der Waals surface area contributed by atoms with Gasteiger partial charge in [0.05, 0.1) is 11.8 Å². The van der Waals surface area contributed by atoms with Crippen molar-refractivity contribution in [2.75, 3.05) is 0 Å². The van der Waals surface area contributed by atoms with Gasteiger partial charge in [-0.2, -0.15) is 5.10 Å². The SMILES string of the molecule is O=Cc1c(F)cccc1-c1cnn(CC(F)F)c1. The van der Waals surface area contributed by atoms with Crippen LogP contribution in [0.3, 0.4) is 0 Å². The van der Waals surface area contributed by atoms with E-state index in [1.54, 1.807) is 0 Å². The molecule has 3 nitrogen and oxygen atoms in total. The van der Waals surface area contributed by atoms with Crippen LogP contribution in [-0.4, -0.2) is 22.5 Å². The largest absolute Gasteiger partial charge is 0.298 e. The molecule has 0 unspecified atom stereocenters. The van der Waals surface area contributed by atoms with Crippen LogP contribution in [0, 0.1) is 5.82 Å². The predicted octanol–water partition coefficient (Wildman–Crippen LogP) is 2.77. The maximum atomic E-state index is 13.4. The summed E-state index contributed by atoms with van der Waals surface area (Å²) in [7, 11) is 0. The molecule has 0 fully saturated rings. The highest BCUT2D eigenvalue weighted by Gasteiger charge is 2.12. The number of hydrogen-bond donors (Lipinski definition) is 0. The van der Waals surface area contributed by atoms with Crippen molar-refractivity contribution in [1.82, 2.24) is 9.78 Å². The van der Waals surface area contributed by atoms with Gasteiger partial charge in [-0.3, -0.25) is 9.48 Å². The maximum absolute atomic E-state index is 13.4. The minimum absolute atomic E-state index is 0.103. The third-order valence-corrected chi connectivity index (χ3v) is 2.44. The van der Waals surface area contributed by atoms with E-state index in [9.17, 15) is 18.0 Å². The van der Waals surface area contributed by atoms with E-state index in [4.69, 9.17) is 0 Å². The van der Waals surface area contributed by atoms with Crippen molar-refractivity contribution in [3.63, 3.8) is 0 Å². The molecule has 0 spiro atoms. The van der Waals surface area contributed by atoms with E-state index in [1.165, 1.54) is 24.5 Å². The van der Waals surface area contributed by atoms with Gasteiger partial charge in [0, 0.05) is 11.8 Å². The molecule has 1 heterocycles. The van der Waals surface area contributed by atoms with E-state index < -0.39 is 18.8 Å². The minimum atomic E-state index is -2.52. The van der Waals surface area contributed by atoms with Gasteiger partial charge < -0.3 is 0 Å². The van der Waals surface area contributed by atoms with Crippen molar-refractivity contribution in [1.29, 1.82) is 0 Å². The Morgan fingerprint density at radius 1 is 1.39 bits per heavy atom. The van der Waals surface area contributed by atoms with Crippen LogP contribution in [-0.2, 0) is 6.54 Å². The summed E-state index contributed by atoms with van der Waals surface area (Å²) in [5, 5.41) is 3.74. The van der Waals surface area contributed by atoms with Crippen LogP contribution >= 0.6 is 0 Å². The molecule has 94 valence electrons. The second-order valence-electron chi connectivity index (χ2n) is 3.66. The lowest BCUT2D eigenvalue weighted by atomic mass is 10.0. The Balaban J connectivity index is 2.40. The molecule has 0 saturated heterocycles. The zero-order valence-corrected chi connectivity index (χ0v) is 9.19. The highest BCUT2D eigenvalue weighted by molar-refractivity contribution is 5.87. The van der Waals surface area contributed by atoms with E-state index >= 15 is 0 Å². The van der Waals surface area contributed by atoms with Gasteiger partial charge in [-0.1, -0.05) is 12.1 Å². The summed E-state index contributed by atoms with van der Waals surface area (Å²) < 4.78 is 38.8. The number of carbonyl (C=O) groups excluding carboxylic acids is 1. The molecular weight excluding hydrogens is 245 g/mol. The first-order chi connectivity index (χ1) is 8.61. The molecule has 0 amide bonds. The zero-order chi connectivity index (χ0) is 13.1. The average Bonchev–Trinajstić information content (AvgIpc) is 2.76. The van der Waals surface area contributed by atoms with Crippen LogP contribution in [0.4, 0.5) is 13.2 Å². The number of nitrogens with zero attached hydrogens (tertiary/aromatic N) is 2. The summed E-state index contributed by atoms with van der Waals surface area (Å²) >= 11 is 0. The third-order valence-electron chi connectivity index (χ3n) is 2.44. The van der Waals surface area contributed by atoms with Crippen molar-refractivity contribution in [2.45, 2.75) is 13.0 Å². The Morgan fingerprint density at radius 2 is 2.17 bits per heavy atom. The van der Waals surface area contributed by atoms with Gasteiger partial charge in [0.15, 0.2) is 6.29 Å². The minimum Gasteiger partial charge on any atom is -0.298 e. The Labute approximate surface area is 101 Å². The lowest BCUT2D eigenvalue weighted by molar-refractivity contribution is 0.112. The lowest BCUT2D eigenvalue weighted by Crippen LogP contribution is -2.06. The van der Waals surface area contributed by atoms with Gasteiger partial charge in [0.1, 0.15) is 12.4 Å². The zero-order valence-electron chi connectivity index (χ0n) is 9.19. The van der Waals surface area contributed by atoms with E-state index in [0.29, 0.717) is 17.4 Å². The van der Waals surface area contributed by atoms with Gasteiger partial charge >= 0.3 is 0 Å². The Kier molecular flexibility index (Phi) is 3.45. The van der Waals surface area contributed by atoms with Crippen LogP contribution in [0.1, 0.15) is 10.4 Å². The summed E-state index contributed by atoms with van der Waals surface area (Å²) in [4.78, 5) is 10.8. The summed E-state index contributed by atoms with van der Waals surface area (Å²) in [6.45, 7) is -0.536. The number of alkyl halides is 2. The van der Waals surface area contributed by atoms with Crippen molar-refractivity contribution in [3.8, 4) is 11.1 Å². The Morgan fingerprint density at radius 3 is 2.83 bits per heavy atom. The van der Waals surface area contributed by atoms with E-state index in [2.05, 4.69) is 5.10 Å². The van der Waals surface area contributed by atoms with E-state index in [1.807, 2.05) is 0 Å². The van der Waals surface area contributed by atoms with Gasteiger partial charge in [0.25, 0.3) is 6.43 Å². The molecule has 0 bridgehead atoms. The molecule has 1 aromatic heterocycles. The van der Waals surface area contributed by atoms with E-state index in [0.717, 1.165) is 10.7 Å². The Hall–Kier alpha value is -2.11. The molecule has 1 aromatic carbocycles. The van der Waals surface area contributed by atoms with Crippen molar-refractivity contribution in [3.05, 3.63) is 42.0 Å². The number of hydrogen-bond acceptors (Lipinski definition) is 2. The highest BCUT2D eigenvalue weighted by atomic mass is 19.3. The van der Waals surface area contributed by atoms with Crippen molar-refractivity contribution >= 4 is 6.29 Å². The molecule has 0 aliphatic heterocycles. The molecule has 0 saturated carbocycles. The molecule has 2 aromatic rings. The van der Waals surface area contributed by atoms with Crippen molar-refractivity contribution in [2.24, 2.45) is 0 Å². The highest BCUT2D eigenvalue weighted by Crippen LogP contribution is 2.24. The van der Waals surface area contributed by atoms with Gasteiger partial charge in [-0.05, 0) is 11.6 Å². The topological polar surface area (TPSA) is 34.9 Å². The number of carbonyl (C=O) groups is 1. The monoisotopic (exact) mass is 254 g/mol. The first-order valence-electron chi connectivity index (χ1n) is 5.16. The van der Waals surface area contributed by atoms with Crippen LogP contribution < -0.4 is 0 Å². The number of benzene rings is 1. The van der Waals surface area contributed by atoms with Gasteiger partial charge in [0.2, 0.25) is 0 Å². The third kappa shape index (κ3) is 2.42. The normalized spacial score (nSPS) is 10.9. The summed E-state index contributed by atoms with van der Waals surface area (Å²) in [6.07, 6.45) is 0.559. The predicted molar refractivity (Wildman–Crippen MR) is 59.0 cm³/mol. The summed E-state index contributed by atoms with van der Waals surface area (Å²) in [5.41, 5.74) is 0.664. The van der Waals surface area contributed by atoms with Gasteiger partial charge in [-0.15, -0.1) is 0 Å². The van der Waals surface area contributed by atoms with Crippen LogP contribution in [0.2, 0.25) is 0 Å². The molecule has 2 rings (SSSR count). The summed E-state index contributed by atoms with van der Waals surface area (Å²) in [6, 6.07) is 4.15.